The Balaban J connectivity index is -0.000000355. The minimum absolute atomic E-state index is 0. The third kappa shape index (κ3) is 6.23. The Morgan fingerprint density at radius 2 is 1.56 bits per heavy atom. The minimum Gasteiger partial charge on any atom is -0.355 e. The molecule has 0 fully saturated rings. The number of amides is 1. The summed E-state index contributed by atoms with van der Waals surface area (Å²) in [6.07, 6.45) is 1.01. The van der Waals surface area contributed by atoms with Gasteiger partial charge in [-0.25, -0.2) is 0 Å². The van der Waals surface area contributed by atoms with E-state index in [2.05, 4.69) is 12.2 Å². The van der Waals surface area contributed by atoms with Crippen molar-refractivity contribution in [2.75, 3.05) is 7.05 Å². The fourth-order valence-electron chi connectivity index (χ4n) is 1.04. The largest absolute Gasteiger partial charge is 0.355 e. The highest BCUT2D eigenvalue weighted by Crippen LogP contribution is 2.04. The van der Waals surface area contributed by atoms with E-state index in [4.69, 9.17) is 0 Å². The van der Waals surface area contributed by atoms with Gasteiger partial charge in [0.05, 0.1) is 0 Å². The Labute approximate surface area is 102 Å². The first-order valence-corrected chi connectivity index (χ1v) is 6.09. The Hall–Kier alpha value is -1.31. The van der Waals surface area contributed by atoms with E-state index in [0.717, 1.165) is 12.0 Å². The third-order valence-electron chi connectivity index (χ3n) is 1.85. The highest BCUT2D eigenvalue weighted by atomic mass is 16.1. The van der Waals surface area contributed by atoms with Crippen molar-refractivity contribution in [3.8, 4) is 0 Å². The monoisotopic (exact) mass is 225 g/mol. The van der Waals surface area contributed by atoms with E-state index in [-0.39, 0.29) is 7.33 Å². The van der Waals surface area contributed by atoms with Crippen LogP contribution in [0.4, 0.5) is 0 Å². The van der Waals surface area contributed by atoms with Crippen molar-refractivity contribution in [1.82, 2.24) is 5.32 Å². The second-order valence-corrected chi connectivity index (χ2v) is 2.63. The van der Waals surface area contributed by atoms with Crippen molar-refractivity contribution in [3.63, 3.8) is 0 Å². The van der Waals surface area contributed by atoms with Gasteiger partial charge in [0, 0.05) is 14.0 Å². The van der Waals surface area contributed by atoms with E-state index in [1.807, 2.05) is 52.0 Å². The first-order chi connectivity index (χ1) is 7.77. The van der Waals surface area contributed by atoms with Crippen LogP contribution >= 0.6 is 0 Å². The molecule has 0 atom stereocenters. The summed E-state index contributed by atoms with van der Waals surface area (Å²) in [5, 5.41) is 2.58. The van der Waals surface area contributed by atoms with Crippen LogP contribution in [0.25, 0.3) is 0 Å². The molecular formula is C14H27NO. The maximum Gasteiger partial charge on any atom is 0.251 e. The Morgan fingerprint density at radius 3 is 1.88 bits per heavy atom. The molecule has 0 saturated carbocycles. The lowest BCUT2D eigenvalue weighted by Crippen LogP contribution is -2.17. The molecule has 16 heavy (non-hydrogen) atoms. The second-order valence-electron chi connectivity index (χ2n) is 2.63. The number of carbonyl (C=O) groups excluding carboxylic acids is 1. The number of rotatable bonds is 2. The van der Waals surface area contributed by atoms with Crippen LogP contribution < -0.4 is 5.32 Å². The summed E-state index contributed by atoms with van der Waals surface area (Å²) in [6, 6.07) is 7.64. The standard InChI is InChI=1S/C10H13NO.2C2H6.H2/c1-3-8-4-6-9(7-5-8)10(12)11-2;2*1-2;/h4-7H,3H2,1-2H3,(H,11,12);2*1-2H3;1H. The van der Waals surface area contributed by atoms with Gasteiger partial charge in [-0.05, 0) is 24.1 Å². The summed E-state index contributed by atoms with van der Waals surface area (Å²) >= 11 is 0. The van der Waals surface area contributed by atoms with E-state index in [9.17, 15) is 4.79 Å². The molecule has 0 aromatic heterocycles. The predicted molar refractivity (Wildman–Crippen MR) is 74.0 cm³/mol. The van der Waals surface area contributed by atoms with Crippen molar-refractivity contribution in [1.29, 1.82) is 0 Å². The molecule has 0 bridgehead atoms. The molecule has 0 radical (unpaired) electrons. The molecule has 0 unspecified atom stereocenters. The molecule has 0 aliphatic heterocycles. The van der Waals surface area contributed by atoms with Gasteiger partial charge in [-0.1, -0.05) is 46.8 Å². The van der Waals surface area contributed by atoms with Crippen molar-refractivity contribution >= 4 is 5.91 Å². The molecule has 0 spiro atoms. The van der Waals surface area contributed by atoms with Crippen LogP contribution in [0.2, 0.25) is 0 Å². The van der Waals surface area contributed by atoms with E-state index >= 15 is 0 Å². The van der Waals surface area contributed by atoms with Gasteiger partial charge in [0.15, 0.2) is 0 Å². The highest BCUT2D eigenvalue weighted by Gasteiger charge is 2.00. The van der Waals surface area contributed by atoms with E-state index < -0.39 is 0 Å². The maximum atomic E-state index is 11.1. The van der Waals surface area contributed by atoms with Crippen LogP contribution in [0.1, 0.15) is 52.0 Å². The van der Waals surface area contributed by atoms with Crippen LogP contribution in [-0.4, -0.2) is 13.0 Å². The Kier molecular flexibility index (Phi) is 12.6. The molecule has 1 N–H and O–H groups in total. The summed E-state index contributed by atoms with van der Waals surface area (Å²) in [5.74, 6) is -0.0300. The molecule has 0 heterocycles. The Morgan fingerprint density at radius 1 is 1.12 bits per heavy atom. The fraction of sp³-hybridized carbons (Fsp3) is 0.500. The zero-order valence-electron chi connectivity index (χ0n) is 11.4. The zero-order chi connectivity index (χ0) is 13.0. The van der Waals surface area contributed by atoms with Crippen molar-refractivity contribution in [2.24, 2.45) is 0 Å². The molecular weight excluding hydrogens is 198 g/mol. The van der Waals surface area contributed by atoms with Gasteiger partial charge < -0.3 is 5.32 Å². The molecule has 1 rings (SSSR count). The maximum absolute atomic E-state index is 11.1. The molecule has 94 valence electrons. The molecule has 0 aliphatic rings. The van der Waals surface area contributed by atoms with E-state index in [1.54, 1.807) is 7.05 Å². The molecule has 1 aromatic rings. The van der Waals surface area contributed by atoms with Gasteiger partial charge >= 0.3 is 0 Å². The van der Waals surface area contributed by atoms with E-state index in [0.29, 0.717) is 0 Å². The van der Waals surface area contributed by atoms with Crippen molar-refractivity contribution in [2.45, 2.75) is 41.0 Å². The number of nitrogens with one attached hydrogen (secondary N) is 1. The average molecular weight is 225 g/mol. The van der Waals surface area contributed by atoms with E-state index in [1.165, 1.54) is 5.56 Å². The highest BCUT2D eigenvalue weighted by molar-refractivity contribution is 5.93. The summed E-state index contributed by atoms with van der Waals surface area (Å²) in [7, 11) is 1.63. The minimum atomic E-state index is -0.0300. The average Bonchev–Trinajstić information content (AvgIpc) is 2.42. The molecule has 2 nitrogen and oxygen atoms in total. The van der Waals surface area contributed by atoms with Gasteiger partial charge in [0.1, 0.15) is 0 Å². The Bertz CT molecular complexity index is 270. The number of carbonyl (C=O) groups is 1. The number of benzene rings is 1. The van der Waals surface area contributed by atoms with Crippen molar-refractivity contribution < 1.29 is 6.22 Å². The van der Waals surface area contributed by atoms with Crippen LogP contribution in [0.3, 0.4) is 0 Å². The van der Waals surface area contributed by atoms with Crippen LogP contribution in [-0.2, 0) is 6.42 Å². The first-order valence-electron chi connectivity index (χ1n) is 6.09. The fourth-order valence-corrected chi connectivity index (χ4v) is 1.04. The van der Waals surface area contributed by atoms with Gasteiger partial charge in [-0.2, -0.15) is 0 Å². The second kappa shape index (κ2) is 11.8. The molecule has 0 aliphatic carbocycles. The summed E-state index contributed by atoms with van der Waals surface area (Å²) < 4.78 is 0. The molecule has 0 saturated heterocycles. The number of hydrogen-bond acceptors (Lipinski definition) is 1. The lowest BCUT2D eigenvalue weighted by molar-refractivity contribution is 0.0963. The quantitative estimate of drug-likeness (QED) is 0.812. The van der Waals surface area contributed by atoms with Gasteiger partial charge in [-0.15, -0.1) is 0 Å². The van der Waals surface area contributed by atoms with Crippen LogP contribution in [0.15, 0.2) is 24.3 Å². The topological polar surface area (TPSA) is 29.1 Å². The summed E-state index contributed by atoms with van der Waals surface area (Å²) in [4.78, 5) is 11.1. The third-order valence-corrected chi connectivity index (χ3v) is 1.85. The van der Waals surface area contributed by atoms with Gasteiger partial charge in [0.2, 0.25) is 0 Å². The van der Waals surface area contributed by atoms with Gasteiger partial charge in [-0.3, -0.25) is 4.79 Å². The van der Waals surface area contributed by atoms with Crippen molar-refractivity contribution in [3.05, 3.63) is 35.4 Å². The van der Waals surface area contributed by atoms with Crippen LogP contribution in [0.5, 0.6) is 0 Å². The normalized spacial score (nSPS) is 7.88. The lowest BCUT2D eigenvalue weighted by Gasteiger charge is -2.00. The van der Waals surface area contributed by atoms with Crippen LogP contribution in [0, 0.1) is 0 Å². The summed E-state index contributed by atoms with van der Waals surface area (Å²) in [6.45, 7) is 10.1. The molecule has 1 aromatic carbocycles. The lowest BCUT2D eigenvalue weighted by atomic mass is 10.1. The summed E-state index contributed by atoms with van der Waals surface area (Å²) in [5.41, 5.74) is 1.97. The SMILES string of the molecule is CC.CC.CCc1ccc(C(=O)NC)cc1.[HH]. The smallest absolute Gasteiger partial charge is 0.251 e. The zero-order valence-corrected chi connectivity index (χ0v) is 11.4. The van der Waals surface area contributed by atoms with Gasteiger partial charge in [0.25, 0.3) is 5.91 Å². The number of hydrogen-bond donors (Lipinski definition) is 1. The first kappa shape index (κ1) is 17.1. The molecule has 2 heteroatoms. The number of aryl methyl sites for hydroxylation is 1. The molecule has 1 amide bonds. The predicted octanol–water partition coefficient (Wildman–Crippen LogP) is 3.91.